The largest absolute Gasteiger partial charge is 0.461 e. The molecule has 13 heteroatoms. The normalized spacial score (nSPS) is 21.7. The number of benzene rings is 2. The van der Waals surface area contributed by atoms with Crippen LogP contribution in [0.5, 0.6) is 11.8 Å². The summed E-state index contributed by atoms with van der Waals surface area (Å²) >= 11 is 0. The molecule has 0 spiro atoms. The SMILES string of the molecule is C#Cc1c(F)ccc2cc(OC(=O)CCCCCCCCC)cc(-c3ncc4c(N5CC6CCC(C5)N6)nc(OC[C@@]56CCCN5CC(=C(F)F)C6)nc4c3F)c12. The van der Waals surface area contributed by atoms with Crippen LogP contribution in [0.1, 0.15) is 96.0 Å². The Labute approximate surface area is 330 Å². The van der Waals surface area contributed by atoms with Crippen molar-refractivity contribution < 1.29 is 31.8 Å². The van der Waals surface area contributed by atoms with Crippen LogP contribution >= 0.6 is 0 Å². The highest BCUT2D eigenvalue weighted by atomic mass is 19.3. The van der Waals surface area contributed by atoms with Gasteiger partial charge in [0, 0.05) is 60.9 Å². The summed E-state index contributed by atoms with van der Waals surface area (Å²) in [6.07, 6.45) is 16.9. The number of nitrogens with one attached hydrogen (secondary N) is 1. The number of unbranched alkanes of at least 4 members (excludes halogenated alkanes) is 6. The van der Waals surface area contributed by atoms with Gasteiger partial charge < -0.3 is 19.7 Å². The number of anilines is 1. The predicted octanol–water partition coefficient (Wildman–Crippen LogP) is 8.86. The van der Waals surface area contributed by atoms with E-state index in [9.17, 15) is 13.6 Å². The molecule has 6 heterocycles. The number of pyridine rings is 1. The minimum Gasteiger partial charge on any atom is -0.461 e. The Hall–Kier alpha value is -4.80. The highest BCUT2D eigenvalue weighted by Crippen LogP contribution is 2.44. The molecule has 2 aromatic carbocycles. The van der Waals surface area contributed by atoms with E-state index in [1.54, 1.807) is 6.07 Å². The van der Waals surface area contributed by atoms with Crippen LogP contribution in [0.4, 0.5) is 23.4 Å². The molecule has 0 amide bonds. The summed E-state index contributed by atoms with van der Waals surface area (Å²) in [7, 11) is 0. The zero-order valence-electron chi connectivity index (χ0n) is 32.3. The molecule has 4 aromatic rings. The number of hydrogen-bond acceptors (Lipinski definition) is 9. The Balaban J connectivity index is 1.17. The van der Waals surface area contributed by atoms with Crippen molar-refractivity contribution in [3.05, 3.63) is 59.3 Å². The maximum Gasteiger partial charge on any atom is 0.319 e. The Kier molecular flexibility index (Phi) is 11.4. The number of carbonyl (C=O) groups excluding carboxylic acids is 1. The van der Waals surface area contributed by atoms with E-state index >= 15 is 8.78 Å². The fourth-order valence-corrected chi connectivity index (χ4v) is 9.36. The molecule has 4 aliphatic heterocycles. The summed E-state index contributed by atoms with van der Waals surface area (Å²) in [5, 5.41) is 4.66. The highest BCUT2D eigenvalue weighted by Gasteiger charge is 2.48. The number of fused-ring (bicyclic) bond motifs is 5. The molecular formula is C44H48F4N6O3. The van der Waals surface area contributed by atoms with Gasteiger partial charge in [0.25, 0.3) is 6.08 Å². The summed E-state index contributed by atoms with van der Waals surface area (Å²) in [5.74, 6) is 1.13. The predicted molar refractivity (Wildman–Crippen MR) is 211 cm³/mol. The van der Waals surface area contributed by atoms with Crippen LogP contribution < -0.4 is 19.7 Å². The van der Waals surface area contributed by atoms with E-state index < -0.39 is 29.2 Å². The quantitative estimate of drug-likeness (QED) is 0.0443. The van der Waals surface area contributed by atoms with Crippen molar-refractivity contribution in [3.63, 3.8) is 0 Å². The van der Waals surface area contributed by atoms with Crippen molar-refractivity contribution in [2.45, 2.75) is 108 Å². The fraction of sp³-hybridized carbons (Fsp3) is 0.500. The Bertz CT molecular complexity index is 2250. The topological polar surface area (TPSA) is 92.7 Å². The lowest BCUT2D eigenvalue weighted by atomic mass is 9.94. The molecule has 0 aliphatic carbocycles. The number of terminal acetylenes is 1. The van der Waals surface area contributed by atoms with Crippen LogP contribution in [0.2, 0.25) is 0 Å². The lowest BCUT2D eigenvalue weighted by Crippen LogP contribution is -2.51. The maximum atomic E-state index is 17.3. The molecule has 8 rings (SSSR count). The number of ether oxygens (including phenoxy) is 2. The first-order valence-electron chi connectivity index (χ1n) is 20.4. The van der Waals surface area contributed by atoms with Crippen molar-refractivity contribution >= 4 is 33.5 Å². The number of aromatic nitrogens is 3. The molecule has 4 saturated heterocycles. The van der Waals surface area contributed by atoms with Gasteiger partial charge in [-0.05, 0) is 68.7 Å². The van der Waals surface area contributed by atoms with Crippen molar-refractivity contribution in [2.75, 3.05) is 37.7 Å². The van der Waals surface area contributed by atoms with Crippen molar-refractivity contribution in [3.8, 4) is 35.4 Å². The molecule has 2 aromatic heterocycles. The van der Waals surface area contributed by atoms with Gasteiger partial charge in [0.15, 0.2) is 5.82 Å². The highest BCUT2D eigenvalue weighted by molar-refractivity contribution is 6.03. The van der Waals surface area contributed by atoms with Crippen molar-refractivity contribution in [1.29, 1.82) is 0 Å². The monoisotopic (exact) mass is 784 g/mol. The van der Waals surface area contributed by atoms with Crippen molar-refractivity contribution in [2.24, 2.45) is 0 Å². The van der Waals surface area contributed by atoms with E-state index in [2.05, 4.69) is 33.0 Å². The third kappa shape index (κ3) is 7.91. The van der Waals surface area contributed by atoms with Crippen LogP contribution in [-0.2, 0) is 4.79 Å². The van der Waals surface area contributed by atoms with E-state index in [1.165, 1.54) is 43.7 Å². The second kappa shape index (κ2) is 16.6. The molecular weight excluding hydrogens is 737 g/mol. The molecule has 9 nitrogen and oxygen atoms in total. The van der Waals surface area contributed by atoms with Gasteiger partial charge in [0.05, 0.1) is 16.5 Å². The molecule has 4 aliphatic rings. The molecule has 4 fully saturated rings. The minimum absolute atomic E-state index is 0.0583. The van der Waals surface area contributed by atoms with E-state index in [1.807, 2.05) is 4.90 Å². The Morgan fingerprint density at radius 3 is 2.58 bits per heavy atom. The number of nitrogens with zero attached hydrogens (tertiary/aromatic N) is 5. The molecule has 300 valence electrons. The smallest absolute Gasteiger partial charge is 0.319 e. The van der Waals surface area contributed by atoms with Gasteiger partial charge in [-0.3, -0.25) is 14.7 Å². The minimum atomic E-state index is -1.66. The van der Waals surface area contributed by atoms with E-state index in [0.717, 1.165) is 38.5 Å². The van der Waals surface area contributed by atoms with Crippen LogP contribution in [0, 0.1) is 24.0 Å². The average Bonchev–Trinajstić information content (AvgIpc) is 3.88. The van der Waals surface area contributed by atoms with E-state index in [0.29, 0.717) is 49.1 Å². The Morgan fingerprint density at radius 1 is 1.05 bits per heavy atom. The third-order valence-corrected chi connectivity index (χ3v) is 12.2. The zero-order chi connectivity index (χ0) is 39.7. The number of halogens is 4. The van der Waals surface area contributed by atoms with Gasteiger partial charge in [0.1, 0.15) is 35.2 Å². The van der Waals surface area contributed by atoms with Crippen LogP contribution in [-0.4, -0.2) is 76.2 Å². The van der Waals surface area contributed by atoms with Gasteiger partial charge in [-0.25, -0.2) is 8.78 Å². The molecule has 3 atom stereocenters. The van der Waals surface area contributed by atoms with Gasteiger partial charge in [-0.1, -0.05) is 57.4 Å². The fourth-order valence-electron chi connectivity index (χ4n) is 9.36. The second-order valence-corrected chi connectivity index (χ2v) is 16.1. The molecule has 57 heavy (non-hydrogen) atoms. The molecule has 0 radical (unpaired) electrons. The van der Waals surface area contributed by atoms with E-state index in [4.69, 9.17) is 20.9 Å². The van der Waals surface area contributed by atoms with Gasteiger partial charge in [0.2, 0.25) is 0 Å². The second-order valence-electron chi connectivity index (χ2n) is 16.1. The summed E-state index contributed by atoms with van der Waals surface area (Å²) in [6, 6.07) is 6.20. The summed E-state index contributed by atoms with van der Waals surface area (Å²) in [4.78, 5) is 31.2. The first-order chi connectivity index (χ1) is 27.7. The van der Waals surface area contributed by atoms with Gasteiger partial charge in [-0.2, -0.15) is 18.7 Å². The molecule has 1 N–H and O–H groups in total. The van der Waals surface area contributed by atoms with Gasteiger partial charge >= 0.3 is 12.0 Å². The Morgan fingerprint density at radius 2 is 1.82 bits per heavy atom. The first-order valence-corrected chi connectivity index (χ1v) is 20.4. The molecule has 2 unspecified atom stereocenters. The van der Waals surface area contributed by atoms with E-state index in [-0.39, 0.29) is 83.1 Å². The van der Waals surface area contributed by atoms with Crippen molar-refractivity contribution in [1.82, 2.24) is 25.2 Å². The zero-order valence-corrected chi connectivity index (χ0v) is 32.3. The molecule has 0 saturated carbocycles. The number of carbonyl (C=O) groups is 1. The number of piperazine rings is 1. The lowest BCUT2D eigenvalue weighted by molar-refractivity contribution is -0.134. The first kappa shape index (κ1) is 39.0. The summed E-state index contributed by atoms with van der Waals surface area (Å²) < 4.78 is 72.2. The lowest BCUT2D eigenvalue weighted by Gasteiger charge is -2.34. The summed E-state index contributed by atoms with van der Waals surface area (Å²) in [6.45, 7) is 4.36. The van der Waals surface area contributed by atoms with Gasteiger partial charge in [-0.15, -0.1) is 6.42 Å². The van der Waals surface area contributed by atoms with Crippen LogP contribution in [0.3, 0.4) is 0 Å². The average molecular weight is 785 g/mol. The number of esters is 1. The standard InChI is InChI=1S/C44H48F4N6O3/c1-3-5-6-7-8-9-10-12-36(55)57-31-19-27-13-16-35(45)32(4-2)37(27)33(20-31)39-38(46)40-34(22-49-39)42(53-24-29-14-15-30(25-53)50-29)52-43(51-40)56-26-44-17-11-18-54(44)23-28(21-44)41(47)48/h2,13,16,19-20,22,29-30,50H,3,5-12,14-15,17-18,21,23-26H2,1H3/t29?,30?,44-/m0/s1. The number of rotatable bonds is 14. The molecule has 2 bridgehead atoms. The van der Waals surface area contributed by atoms with Crippen LogP contribution in [0.15, 0.2) is 42.1 Å². The number of hydrogen-bond donors (Lipinski definition) is 1. The van der Waals surface area contributed by atoms with Crippen LogP contribution in [0.25, 0.3) is 32.9 Å². The summed E-state index contributed by atoms with van der Waals surface area (Å²) in [5.41, 5.74) is -0.698. The maximum absolute atomic E-state index is 17.3. The third-order valence-electron chi connectivity index (χ3n) is 12.2.